The maximum absolute atomic E-state index is 12.4. The number of amides is 1. The summed E-state index contributed by atoms with van der Waals surface area (Å²) in [5.74, 6) is -0.176. The van der Waals surface area contributed by atoms with Crippen LogP contribution in [0.2, 0.25) is 0 Å². The van der Waals surface area contributed by atoms with E-state index in [9.17, 15) is 4.79 Å². The van der Waals surface area contributed by atoms with Crippen molar-refractivity contribution < 1.29 is 9.90 Å². The SMILES string of the molecule is O=C(Nc1ccc(CO)cc1)c1ccnc2ccccc12. The van der Waals surface area contributed by atoms with E-state index in [0.29, 0.717) is 11.3 Å². The first-order valence-corrected chi connectivity index (χ1v) is 6.63. The van der Waals surface area contributed by atoms with Gasteiger partial charge in [-0.05, 0) is 29.8 Å². The number of carbonyl (C=O) groups excluding carboxylic acids is 1. The second kappa shape index (κ2) is 5.73. The largest absolute Gasteiger partial charge is 0.392 e. The molecular weight excluding hydrogens is 264 g/mol. The molecule has 0 aliphatic carbocycles. The van der Waals surface area contributed by atoms with Crippen molar-refractivity contribution >= 4 is 22.5 Å². The average molecular weight is 278 g/mol. The Morgan fingerprint density at radius 1 is 1.05 bits per heavy atom. The average Bonchev–Trinajstić information content (AvgIpc) is 2.55. The summed E-state index contributed by atoms with van der Waals surface area (Å²) in [7, 11) is 0. The number of fused-ring (bicyclic) bond motifs is 1. The van der Waals surface area contributed by atoms with Crippen molar-refractivity contribution in [3.63, 3.8) is 0 Å². The summed E-state index contributed by atoms with van der Waals surface area (Å²) in [6.07, 6.45) is 1.63. The summed E-state index contributed by atoms with van der Waals surface area (Å²) >= 11 is 0. The zero-order valence-corrected chi connectivity index (χ0v) is 11.3. The van der Waals surface area contributed by atoms with Crippen LogP contribution in [0, 0.1) is 0 Å². The highest BCUT2D eigenvalue weighted by atomic mass is 16.3. The van der Waals surface area contributed by atoms with E-state index in [4.69, 9.17) is 5.11 Å². The Balaban J connectivity index is 1.90. The van der Waals surface area contributed by atoms with Crippen LogP contribution in [0.15, 0.2) is 60.8 Å². The summed E-state index contributed by atoms with van der Waals surface area (Å²) in [5, 5.41) is 12.7. The van der Waals surface area contributed by atoms with Crippen molar-refractivity contribution in [1.29, 1.82) is 0 Å². The quantitative estimate of drug-likeness (QED) is 0.774. The van der Waals surface area contributed by atoms with E-state index < -0.39 is 0 Å². The Bertz CT molecular complexity index is 777. The van der Waals surface area contributed by atoms with Crippen LogP contribution in [0.5, 0.6) is 0 Å². The van der Waals surface area contributed by atoms with E-state index in [0.717, 1.165) is 16.5 Å². The fraction of sp³-hybridized carbons (Fsp3) is 0.0588. The van der Waals surface area contributed by atoms with Crippen molar-refractivity contribution in [1.82, 2.24) is 4.98 Å². The van der Waals surface area contributed by atoms with Gasteiger partial charge in [0.25, 0.3) is 5.91 Å². The molecule has 0 spiro atoms. The predicted molar refractivity (Wildman–Crippen MR) is 82.1 cm³/mol. The van der Waals surface area contributed by atoms with E-state index in [1.165, 1.54) is 0 Å². The standard InChI is InChI=1S/C17H14N2O2/c20-11-12-5-7-13(8-6-12)19-17(21)15-9-10-18-16-4-2-1-3-14(15)16/h1-10,20H,11H2,(H,19,21). The zero-order valence-electron chi connectivity index (χ0n) is 11.3. The lowest BCUT2D eigenvalue weighted by Gasteiger charge is -2.08. The Hall–Kier alpha value is -2.72. The highest BCUT2D eigenvalue weighted by Crippen LogP contribution is 2.18. The first-order chi connectivity index (χ1) is 10.3. The fourth-order valence-electron chi connectivity index (χ4n) is 2.19. The molecule has 1 heterocycles. The number of rotatable bonds is 3. The molecule has 0 aliphatic rings. The number of pyridine rings is 1. The minimum atomic E-state index is -0.176. The molecule has 104 valence electrons. The molecule has 0 saturated heterocycles. The number of hydrogen-bond acceptors (Lipinski definition) is 3. The summed E-state index contributed by atoms with van der Waals surface area (Å²) in [4.78, 5) is 16.6. The van der Waals surface area contributed by atoms with Gasteiger partial charge >= 0.3 is 0 Å². The summed E-state index contributed by atoms with van der Waals surface area (Å²) in [6.45, 7) is -0.0107. The van der Waals surface area contributed by atoms with Gasteiger partial charge in [-0.1, -0.05) is 30.3 Å². The maximum atomic E-state index is 12.4. The lowest BCUT2D eigenvalue weighted by atomic mass is 10.1. The first kappa shape index (κ1) is 13.3. The molecule has 0 unspecified atom stereocenters. The second-order valence-electron chi connectivity index (χ2n) is 4.68. The molecule has 0 fully saturated rings. The molecule has 21 heavy (non-hydrogen) atoms. The van der Waals surface area contributed by atoms with Crippen LogP contribution in [0.1, 0.15) is 15.9 Å². The summed E-state index contributed by atoms with van der Waals surface area (Å²) in [5.41, 5.74) is 2.88. The van der Waals surface area contributed by atoms with Gasteiger partial charge in [-0.2, -0.15) is 0 Å². The van der Waals surface area contributed by atoms with Gasteiger partial charge in [0.1, 0.15) is 0 Å². The van der Waals surface area contributed by atoms with Gasteiger partial charge in [-0.25, -0.2) is 0 Å². The minimum absolute atomic E-state index is 0.0107. The van der Waals surface area contributed by atoms with Gasteiger partial charge in [0.2, 0.25) is 0 Å². The van der Waals surface area contributed by atoms with Crippen molar-refractivity contribution in [2.45, 2.75) is 6.61 Å². The number of hydrogen-bond donors (Lipinski definition) is 2. The van der Waals surface area contributed by atoms with Crippen molar-refractivity contribution in [2.24, 2.45) is 0 Å². The number of para-hydroxylation sites is 1. The van der Waals surface area contributed by atoms with Crippen LogP contribution >= 0.6 is 0 Å². The van der Waals surface area contributed by atoms with E-state index in [-0.39, 0.29) is 12.5 Å². The van der Waals surface area contributed by atoms with E-state index >= 15 is 0 Å². The molecule has 2 N–H and O–H groups in total. The second-order valence-corrected chi connectivity index (χ2v) is 4.68. The Labute approximate surface area is 122 Å². The van der Waals surface area contributed by atoms with Crippen molar-refractivity contribution in [3.8, 4) is 0 Å². The number of aliphatic hydroxyl groups excluding tert-OH is 1. The molecule has 4 nitrogen and oxygen atoms in total. The van der Waals surface area contributed by atoms with Crippen molar-refractivity contribution in [3.05, 3.63) is 71.9 Å². The maximum Gasteiger partial charge on any atom is 0.256 e. The highest BCUT2D eigenvalue weighted by Gasteiger charge is 2.10. The molecule has 0 aliphatic heterocycles. The molecule has 0 atom stereocenters. The van der Waals surface area contributed by atoms with Gasteiger partial charge in [-0.3, -0.25) is 9.78 Å². The third kappa shape index (κ3) is 2.75. The zero-order chi connectivity index (χ0) is 14.7. The molecule has 3 rings (SSSR count). The van der Waals surface area contributed by atoms with Crippen LogP contribution in [-0.4, -0.2) is 16.0 Å². The fourth-order valence-corrected chi connectivity index (χ4v) is 2.19. The lowest BCUT2D eigenvalue weighted by molar-refractivity contribution is 0.102. The van der Waals surface area contributed by atoms with Crippen LogP contribution in [-0.2, 0) is 6.61 Å². The molecule has 3 aromatic rings. The number of nitrogens with one attached hydrogen (secondary N) is 1. The molecule has 1 amide bonds. The summed E-state index contributed by atoms with van der Waals surface area (Å²) in [6, 6.07) is 16.3. The molecule has 0 radical (unpaired) electrons. The van der Waals surface area contributed by atoms with Gasteiger partial charge in [0.15, 0.2) is 0 Å². The first-order valence-electron chi connectivity index (χ1n) is 6.63. The number of aromatic nitrogens is 1. The Kier molecular flexibility index (Phi) is 3.62. The lowest BCUT2D eigenvalue weighted by Crippen LogP contribution is -2.12. The molecule has 1 aromatic heterocycles. The van der Waals surface area contributed by atoms with Crippen LogP contribution in [0.3, 0.4) is 0 Å². The van der Waals surface area contributed by atoms with E-state index in [1.807, 2.05) is 24.3 Å². The number of anilines is 1. The van der Waals surface area contributed by atoms with Crippen LogP contribution < -0.4 is 5.32 Å². The summed E-state index contributed by atoms with van der Waals surface area (Å²) < 4.78 is 0. The topological polar surface area (TPSA) is 62.2 Å². The number of nitrogens with zero attached hydrogens (tertiary/aromatic N) is 1. The Morgan fingerprint density at radius 2 is 1.81 bits per heavy atom. The molecular formula is C17H14N2O2. The predicted octanol–water partition coefficient (Wildman–Crippen LogP) is 2.98. The van der Waals surface area contributed by atoms with Gasteiger partial charge in [0, 0.05) is 17.3 Å². The number of benzene rings is 2. The van der Waals surface area contributed by atoms with Crippen molar-refractivity contribution in [2.75, 3.05) is 5.32 Å². The number of aliphatic hydroxyl groups is 1. The van der Waals surface area contributed by atoms with E-state index in [2.05, 4.69) is 10.3 Å². The highest BCUT2D eigenvalue weighted by molar-refractivity contribution is 6.12. The third-order valence-electron chi connectivity index (χ3n) is 3.29. The van der Waals surface area contributed by atoms with Crippen LogP contribution in [0.25, 0.3) is 10.9 Å². The smallest absolute Gasteiger partial charge is 0.256 e. The van der Waals surface area contributed by atoms with Gasteiger partial charge in [-0.15, -0.1) is 0 Å². The molecule has 4 heteroatoms. The molecule has 0 bridgehead atoms. The Morgan fingerprint density at radius 3 is 2.57 bits per heavy atom. The molecule has 0 saturated carbocycles. The normalized spacial score (nSPS) is 10.5. The number of carbonyl (C=O) groups is 1. The van der Waals surface area contributed by atoms with Gasteiger partial charge < -0.3 is 10.4 Å². The monoisotopic (exact) mass is 278 g/mol. The van der Waals surface area contributed by atoms with Crippen LogP contribution in [0.4, 0.5) is 5.69 Å². The third-order valence-corrected chi connectivity index (χ3v) is 3.29. The molecule has 2 aromatic carbocycles. The minimum Gasteiger partial charge on any atom is -0.392 e. The van der Waals surface area contributed by atoms with Gasteiger partial charge in [0.05, 0.1) is 17.7 Å². The van der Waals surface area contributed by atoms with E-state index in [1.54, 1.807) is 36.5 Å².